The molecule has 0 atom stereocenters. The lowest BCUT2D eigenvalue weighted by Gasteiger charge is -2.07. The van der Waals surface area contributed by atoms with Crippen LogP contribution in [0.5, 0.6) is 0 Å². The van der Waals surface area contributed by atoms with Gasteiger partial charge < -0.3 is 5.32 Å². The molecule has 0 unspecified atom stereocenters. The molecule has 0 aromatic carbocycles. The highest BCUT2D eigenvalue weighted by molar-refractivity contribution is 9.11. The molecule has 138 valence electrons. The fraction of sp³-hybridized carbons (Fsp3) is 0.353. The molecule has 0 spiro atoms. The first-order valence-corrected chi connectivity index (χ1v) is 10.7. The van der Waals surface area contributed by atoms with Crippen LogP contribution < -0.4 is 16.2 Å². The summed E-state index contributed by atoms with van der Waals surface area (Å²) < 4.78 is 0.841. The van der Waals surface area contributed by atoms with E-state index in [1.807, 2.05) is 6.07 Å². The van der Waals surface area contributed by atoms with Crippen molar-refractivity contribution in [2.45, 2.75) is 32.1 Å². The van der Waals surface area contributed by atoms with E-state index in [9.17, 15) is 14.4 Å². The minimum absolute atomic E-state index is 0.213. The normalized spacial score (nSPS) is 13.4. The van der Waals surface area contributed by atoms with Crippen molar-refractivity contribution >= 4 is 56.3 Å². The smallest absolute Gasteiger partial charge is 0.279 e. The molecule has 0 aliphatic heterocycles. The fourth-order valence-electron chi connectivity index (χ4n) is 2.70. The van der Waals surface area contributed by atoms with Gasteiger partial charge in [0.25, 0.3) is 17.7 Å². The van der Waals surface area contributed by atoms with Gasteiger partial charge in [-0.3, -0.25) is 25.2 Å². The number of amides is 3. The third-order valence-electron chi connectivity index (χ3n) is 3.99. The zero-order valence-corrected chi connectivity index (χ0v) is 17.1. The molecular weight excluding hydrogens is 438 g/mol. The predicted octanol–water partition coefficient (Wildman–Crippen LogP) is 3.03. The number of carbonyl (C=O) groups excluding carboxylic acids is 3. The fourth-order valence-corrected chi connectivity index (χ4v) is 5.15. The second-order valence-corrected chi connectivity index (χ2v) is 9.51. The van der Waals surface area contributed by atoms with Crippen molar-refractivity contribution in [2.24, 2.45) is 0 Å². The van der Waals surface area contributed by atoms with Crippen LogP contribution in [0.3, 0.4) is 0 Å². The van der Waals surface area contributed by atoms with Crippen molar-refractivity contribution in [3.8, 4) is 0 Å². The monoisotopic (exact) mass is 455 g/mol. The molecule has 1 aliphatic carbocycles. The van der Waals surface area contributed by atoms with Gasteiger partial charge in [-0.1, -0.05) is 6.42 Å². The zero-order valence-electron chi connectivity index (χ0n) is 13.9. The Bertz CT molecular complexity index is 808. The number of hydrogen-bond donors (Lipinski definition) is 3. The van der Waals surface area contributed by atoms with Gasteiger partial charge >= 0.3 is 0 Å². The molecule has 3 amide bonds. The van der Waals surface area contributed by atoms with Gasteiger partial charge in [0.1, 0.15) is 0 Å². The number of thiophene rings is 2. The van der Waals surface area contributed by atoms with E-state index in [1.165, 1.54) is 39.5 Å². The maximum absolute atomic E-state index is 12.2. The first kappa shape index (κ1) is 19.1. The Morgan fingerprint density at radius 1 is 0.962 bits per heavy atom. The molecule has 0 radical (unpaired) electrons. The van der Waals surface area contributed by atoms with E-state index in [0.29, 0.717) is 9.75 Å². The average Bonchev–Trinajstić information content (AvgIpc) is 3.18. The van der Waals surface area contributed by atoms with Crippen molar-refractivity contribution in [3.63, 3.8) is 0 Å². The maximum Gasteiger partial charge on any atom is 0.279 e. The number of aryl methyl sites for hydroxylation is 2. The summed E-state index contributed by atoms with van der Waals surface area (Å²) in [6, 6.07) is 5.36. The molecule has 9 heteroatoms. The molecule has 2 aromatic rings. The topological polar surface area (TPSA) is 87.3 Å². The molecule has 0 saturated heterocycles. The standard InChI is InChI=1S/C17H18BrN3O3S2/c18-14-7-6-12(26-14)16(23)19-9-15(22)20-21-17(24)13-8-10-4-2-1-3-5-11(10)25-13/h6-8H,1-5,9H2,(H,19,23)(H,20,22)(H,21,24). The summed E-state index contributed by atoms with van der Waals surface area (Å²) >= 11 is 6.05. The molecule has 2 aromatic heterocycles. The van der Waals surface area contributed by atoms with Crippen molar-refractivity contribution < 1.29 is 14.4 Å². The van der Waals surface area contributed by atoms with E-state index in [-0.39, 0.29) is 18.4 Å². The summed E-state index contributed by atoms with van der Waals surface area (Å²) in [6.07, 6.45) is 5.57. The van der Waals surface area contributed by atoms with E-state index in [0.717, 1.165) is 29.5 Å². The number of halogens is 1. The van der Waals surface area contributed by atoms with E-state index >= 15 is 0 Å². The Labute approximate surface area is 167 Å². The van der Waals surface area contributed by atoms with Gasteiger partial charge in [0.05, 0.1) is 20.1 Å². The molecule has 0 saturated carbocycles. The molecule has 3 N–H and O–H groups in total. The quantitative estimate of drug-likeness (QED) is 0.488. The van der Waals surface area contributed by atoms with Crippen molar-refractivity contribution in [1.82, 2.24) is 16.2 Å². The number of hydrazine groups is 1. The van der Waals surface area contributed by atoms with E-state index in [1.54, 1.807) is 12.1 Å². The molecule has 0 bridgehead atoms. The highest BCUT2D eigenvalue weighted by Crippen LogP contribution is 2.28. The van der Waals surface area contributed by atoms with Crippen molar-refractivity contribution in [2.75, 3.05) is 6.54 Å². The summed E-state index contributed by atoms with van der Waals surface area (Å²) in [5, 5.41) is 2.51. The maximum atomic E-state index is 12.2. The summed E-state index contributed by atoms with van der Waals surface area (Å²) in [7, 11) is 0. The molecule has 0 fully saturated rings. The second kappa shape index (κ2) is 8.79. The second-order valence-electron chi connectivity index (χ2n) is 5.91. The van der Waals surface area contributed by atoms with Crippen LogP contribution in [0.4, 0.5) is 0 Å². The van der Waals surface area contributed by atoms with Gasteiger partial charge in [-0.25, -0.2) is 0 Å². The number of hydrogen-bond acceptors (Lipinski definition) is 5. The first-order valence-electron chi connectivity index (χ1n) is 8.27. The lowest BCUT2D eigenvalue weighted by atomic mass is 10.1. The highest BCUT2D eigenvalue weighted by atomic mass is 79.9. The Balaban J connectivity index is 1.45. The van der Waals surface area contributed by atoms with Gasteiger partial charge in [0.15, 0.2) is 0 Å². The van der Waals surface area contributed by atoms with Crippen LogP contribution in [0.15, 0.2) is 22.0 Å². The summed E-state index contributed by atoms with van der Waals surface area (Å²) in [5.74, 6) is -1.14. The Kier molecular flexibility index (Phi) is 6.44. The molecule has 6 nitrogen and oxygen atoms in total. The highest BCUT2D eigenvalue weighted by Gasteiger charge is 2.17. The number of fused-ring (bicyclic) bond motifs is 1. The number of nitrogens with one attached hydrogen (secondary N) is 3. The van der Waals surface area contributed by atoms with Crippen LogP contribution in [0, 0.1) is 0 Å². The van der Waals surface area contributed by atoms with Crippen LogP contribution in [0.25, 0.3) is 0 Å². The summed E-state index contributed by atoms with van der Waals surface area (Å²) in [4.78, 5) is 38.3. The Morgan fingerprint density at radius 2 is 1.77 bits per heavy atom. The molecule has 26 heavy (non-hydrogen) atoms. The minimum atomic E-state index is -0.486. The molecular formula is C17H18BrN3O3S2. The Morgan fingerprint density at radius 3 is 2.54 bits per heavy atom. The SMILES string of the molecule is O=C(CNC(=O)c1ccc(Br)s1)NNC(=O)c1cc2c(s1)CCCCC2. The Hall–Kier alpha value is -1.71. The van der Waals surface area contributed by atoms with Gasteiger partial charge in [0.2, 0.25) is 0 Å². The van der Waals surface area contributed by atoms with E-state index in [2.05, 4.69) is 32.1 Å². The van der Waals surface area contributed by atoms with Crippen LogP contribution in [-0.2, 0) is 17.6 Å². The van der Waals surface area contributed by atoms with Gasteiger partial charge in [-0.15, -0.1) is 22.7 Å². The van der Waals surface area contributed by atoms with Crippen LogP contribution in [0.1, 0.15) is 49.0 Å². The lowest BCUT2D eigenvalue weighted by molar-refractivity contribution is -0.120. The van der Waals surface area contributed by atoms with Crippen molar-refractivity contribution in [1.29, 1.82) is 0 Å². The van der Waals surface area contributed by atoms with Crippen LogP contribution in [-0.4, -0.2) is 24.3 Å². The molecule has 3 rings (SSSR count). The zero-order chi connectivity index (χ0) is 18.5. The van der Waals surface area contributed by atoms with E-state index in [4.69, 9.17) is 0 Å². The van der Waals surface area contributed by atoms with Crippen LogP contribution in [0.2, 0.25) is 0 Å². The summed E-state index contributed by atoms with van der Waals surface area (Å²) in [5.41, 5.74) is 5.99. The first-order chi connectivity index (χ1) is 12.5. The third-order valence-corrected chi connectivity index (χ3v) is 6.85. The third kappa shape index (κ3) is 4.93. The van der Waals surface area contributed by atoms with E-state index < -0.39 is 5.91 Å². The largest absolute Gasteiger partial charge is 0.342 e. The van der Waals surface area contributed by atoms with Gasteiger partial charge in [-0.2, -0.15) is 0 Å². The number of carbonyl (C=O) groups is 3. The van der Waals surface area contributed by atoms with Gasteiger partial charge in [-0.05, 0) is 65.4 Å². The average molecular weight is 456 g/mol. The minimum Gasteiger partial charge on any atom is -0.342 e. The molecule has 1 aliphatic rings. The number of rotatable bonds is 4. The lowest BCUT2D eigenvalue weighted by Crippen LogP contribution is -2.46. The predicted molar refractivity (Wildman–Crippen MR) is 106 cm³/mol. The summed E-state index contributed by atoms with van der Waals surface area (Å²) in [6.45, 7) is -0.213. The van der Waals surface area contributed by atoms with Crippen molar-refractivity contribution in [3.05, 3.63) is 42.2 Å². The molecule has 2 heterocycles. The van der Waals surface area contributed by atoms with Crippen LogP contribution >= 0.6 is 38.6 Å². The van der Waals surface area contributed by atoms with Gasteiger partial charge in [0, 0.05) is 4.88 Å².